The summed E-state index contributed by atoms with van der Waals surface area (Å²) in [6, 6.07) is 19.3. The molecule has 0 atom stereocenters. The third kappa shape index (κ3) is 3.80. The van der Waals surface area contributed by atoms with E-state index in [-0.39, 0.29) is 11.4 Å². The van der Waals surface area contributed by atoms with Crippen LogP contribution >= 0.6 is 0 Å². The highest BCUT2D eigenvalue weighted by Crippen LogP contribution is 2.26. The minimum atomic E-state index is -3.74. The lowest BCUT2D eigenvalue weighted by atomic mass is 10.2. The maximum atomic E-state index is 13.2. The van der Waals surface area contributed by atoms with Crippen molar-refractivity contribution in [3.05, 3.63) is 84.7 Å². The van der Waals surface area contributed by atoms with Crippen molar-refractivity contribution in [1.82, 2.24) is 4.98 Å². The van der Waals surface area contributed by atoms with Crippen LogP contribution in [0.3, 0.4) is 0 Å². The third-order valence-electron chi connectivity index (χ3n) is 3.75. The monoisotopic (exact) mass is 354 g/mol. The van der Waals surface area contributed by atoms with E-state index in [1.165, 1.54) is 4.31 Å². The average molecular weight is 354 g/mol. The van der Waals surface area contributed by atoms with Crippen molar-refractivity contribution in [3.63, 3.8) is 0 Å². The molecule has 0 saturated carbocycles. The minimum Gasteiger partial charge on any atom is -0.497 e. The highest BCUT2D eigenvalue weighted by Gasteiger charge is 2.25. The second kappa shape index (κ2) is 7.36. The van der Waals surface area contributed by atoms with Gasteiger partial charge >= 0.3 is 0 Å². The molecule has 3 aromatic rings. The molecule has 0 aliphatic rings. The van der Waals surface area contributed by atoms with E-state index in [2.05, 4.69) is 4.98 Å². The molecule has 0 fully saturated rings. The Morgan fingerprint density at radius 1 is 0.960 bits per heavy atom. The standard InChI is InChI=1S/C19H18N2O3S/c1-24-18-9-11-19(12-10-18)25(22,23)21(17-8-5-13-20-14-17)15-16-6-3-2-4-7-16/h2-14H,15H2,1H3. The molecule has 0 N–H and O–H groups in total. The van der Waals surface area contributed by atoms with Gasteiger partial charge in [-0.25, -0.2) is 8.42 Å². The summed E-state index contributed by atoms with van der Waals surface area (Å²) < 4.78 is 32.9. The maximum Gasteiger partial charge on any atom is 0.264 e. The fourth-order valence-electron chi connectivity index (χ4n) is 2.44. The first-order valence-corrected chi connectivity index (χ1v) is 9.16. The van der Waals surface area contributed by atoms with E-state index in [9.17, 15) is 8.42 Å². The van der Waals surface area contributed by atoms with Gasteiger partial charge in [0.05, 0.1) is 30.4 Å². The molecule has 0 bridgehead atoms. The first-order valence-electron chi connectivity index (χ1n) is 7.72. The van der Waals surface area contributed by atoms with Gasteiger partial charge in [0.1, 0.15) is 5.75 Å². The normalized spacial score (nSPS) is 11.1. The van der Waals surface area contributed by atoms with Crippen LogP contribution in [0, 0.1) is 0 Å². The van der Waals surface area contributed by atoms with Gasteiger partial charge in [0.15, 0.2) is 0 Å². The van der Waals surface area contributed by atoms with Crippen LogP contribution in [0.2, 0.25) is 0 Å². The van der Waals surface area contributed by atoms with Gasteiger partial charge in [-0.3, -0.25) is 9.29 Å². The SMILES string of the molecule is COc1ccc(S(=O)(=O)N(Cc2ccccc2)c2cccnc2)cc1. The van der Waals surface area contributed by atoms with Crippen molar-refractivity contribution in [2.24, 2.45) is 0 Å². The van der Waals surface area contributed by atoms with Gasteiger partial charge in [0, 0.05) is 6.20 Å². The van der Waals surface area contributed by atoms with Gasteiger partial charge in [-0.1, -0.05) is 30.3 Å². The zero-order valence-electron chi connectivity index (χ0n) is 13.7. The molecule has 6 heteroatoms. The van der Waals surface area contributed by atoms with E-state index in [4.69, 9.17) is 4.74 Å². The molecule has 5 nitrogen and oxygen atoms in total. The Hall–Kier alpha value is -2.86. The zero-order valence-corrected chi connectivity index (χ0v) is 14.6. The number of aromatic nitrogens is 1. The molecular weight excluding hydrogens is 336 g/mol. The van der Waals surface area contributed by atoms with Crippen LogP contribution < -0.4 is 9.04 Å². The van der Waals surface area contributed by atoms with Gasteiger partial charge in [-0.15, -0.1) is 0 Å². The van der Waals surface area contributed by atoms with Gasteiger partial charge in [-0.05, 0) is 42.0 Å². The van der Waals surface area contributed by atoms with Gasteiger partial charge in [0.2, 0.25) is 0 Å². The lowest BCUT2D eigenvalue weighted by molar-refractivity contribution is 0.414. The molecule has 2 aromatic carbocycles. The number of rotatable bonds is 6. The van der Waals surface area contributed by atoms with Gasteiger partial charge in [-0.2, -0.15) is 0 Å². The topological polar surface area (TPSA) is 59.5 Å². The van der Waals surface area contributed by atoms with Crippen LogP contribution in [0.5, 0.6) is 5.75 Å². The maximum absolute atomic E-state index is 13.2. The van der Waals surface area contributed by atoms with Gasteiger partial charge in [0.25, 0.3) is 10.0 Å². The van der Waals surface area contributed by atoms with E-state index in [0.717, 1.165) is 5.56 Å². The molecule has 1 aromatic heterocycles. The van der Waals surface area contributed by atoms with Crippen molar-refractivity contribution in [3.8, 4) is 5.75 Å². The number of nitrogens with zero attached hydrogens (tertiary/aromatic N) is 2. The van der Waals surface area contributed by atoms with Gasteiger partial charge < -0.3 is 4.74 Å². The van der Waals surface area contributed by atoms with Crippen LogP contribution in [0.1, 0.15) is 5.56 Å². The number of methoxy groups -OCH3 is 1. The van der Waals surface area contributed by atoms with E-state index in [0.29, 0.717) is 11.4 Å². The molecule has 3 rings (SSSR count). The molecule has 0 spiro atoms. The fraction of sp³-hybridized carbons (Fsp3) is 0.105. The molecule has 0 radical (unpaired) electrons. The van der Waals surface area contributed by atoms with E-state index in [1.807, 2.05) is 30.3 Å². The lowest BCUT2D eigenvalue weighted by Gasteiger charge is -2.24. The van der Waals surface area contributed by atoms with Crippen molar-refractivity contribution < 1.29 is 13.2 Å². The van der Waals surface area contributed by atoms with Crippen LogP contribution in [0.25, 0.3) is 0 Å². The zero-order chi connectivity index (χ0) is 17.7. The summed E-state index contributed by atoms with van der Waals surface area (Å²) in [4.78, 5) is 4.26. The Labute approximate surface area is 147 Å². The number of hydrogen-bond donors (Lipinski definition) is 0. The molecule has 128 valence electrons. The van der Waals surface area contributed by atoms with Crippen molar-refractivity contribution in [1.29, 1.82) is 0 Å². The summed E-state index contributed by atoms with van der Waals surface area (Å²) in [5.41, 5.74) is 1.41. The van der Waals surface area contributed by atoms with Crippen LogP contribution in [-0.2, 0) is 16.6 Å². The molecular formula is C19H18N2O3S. The predicted molar refractivity (Wildman–Crippen MR) is 97.0 cm³/mol. The molecule has 0 aliphatic carbocycles. The second-order valence-electron chi connectivity index (χ2n) is 5.38. The number of benzene rings is 2. The number of pyridine rings is 1. The molecule has 0 saturated heterocycles. The Kier molecular flexibility index (Phi) is 5.00. The number of sulfonamides is 1. The van der Waals surface area contributed by atoms with Crippen LogP contribution in [0.4, 0.5) is 5.69 Å². The summed E-state index contributed by atoms with van der Waals surface area (Å²) in [6.07, 6.45) is 3.16. The summed E-state index contributed by atoms with van der Waals surface area (Å²) in [5, 5.41) is 0. The number of anilines is 1. The van der Waals surface area contributed by atoms with Crippen molar-refractivity contribution >= 4 is 15.7 Å². The number of hydrogen-bond acceptors (Lipinski definition) is 4. The molecule has 1 heterocycles. The predicted octanol–water partition coefficient (Wildman–Crippen LogP) is 3.49. The average Bonchev–Trinajstić information content (AvgIpc) is 2.67. The van der Waals surface area contributed by atoms with E-state index < -0.39 is 10.0 Å². The molecule has 0 unspecified atom stereocenters. The summed E-state index contributed by atoms with van der Waals surface area (Å²) in [5.74, 6) is 0.606. The second-order valence-corrected chi connectivity index (χ2v) is 7.25. The first-order chi connectivity index (χ1) is 12.1. The molecule has 25 heavy (non-hydrogen) atoms. The highest BCUT2D eigenvalue weighted by atomic mass is 32.2. The summed E-state index contributed by atoms with van der Waals surface area (Å²) >= 11 is 0. The third-order valence-corrected chi connectivity index (χ3v) is 5.54. The Bertz CT molecular complexity index is 912. The number of ether oxygens (including phenoxy) is 1. The lowest BCUT2D eigenvalue weighted by Crippen LogP contribution is -2.30. The fourth-order valence-corrected chi connectivity index (χ4v) is 3.88. The van der Waals surface area contributed by atoms with Crippen LogP contribution in [-0.4, -0.2) is 20.5 Å². The van der Waals surface area contributed by atoms with Crippen molar-refractivity contribution in [2.75, 3.05) is 11.4 Å². The smallest absolute Gasteiger partial charge is 0.264 e. The molecule has 0 amide bonds. The van der Waals surface area contributed by atoms with E-state index in [1.54, 1.807) is 55.9 Å². The quantitative estimate of drug-likeness (QED) is 0.680. The largest absolute Gasteiger partial charge is 0.497 e. The minimum absolute atomic E-state index is 0.202. The molecule has 0 aliphatic heterocycles. The van der Waals surface area contributed by atoms with E-state index >= 15 is 0 Å². The van der Waals surface area contributed by atoms with Crippen LogP contribution in [0.15, 0.2) is 84.0 Å². The summed E-state index contributed by atoms with van der Waals surface area (Å²) in [7, 11) is -2.20. The Balaban J connectivity index is 2.03. The summed E-state index contributed by atoms with van der Waals surface area (Å²) in [6.45, 7) is 0.223. The first kappa shape index (κ1) is 17.0. The highest BCUT2D eigenvalue weighted by molar-refractivity contribution is 7.92. The Morgan fingerprint density at radius 3 is 2.28 bits per heavy atom. The Morgan fingerprint density at radius 2 is 1.68 bits per heavy atom. The van der Waals surface area contributed by atoms with Crippen molar-refractivity contribution in [2.45, 2.75) is 11.4 Å².